The summed E-state index contributed by atoms with van der Waals surface area (Å²) in [6.07, 6.45) is 3.57. The summed E-state index contributed by atoms with van der Waals surface area (Å²) in [7, 11) is 0. The van der Waals surface area contributed by atoms with Crippen LogP contribution in [0.1, 0.15) is 25.3 Å². The lowest BCUT2D eigenvalue weighted by Gasteiger charge is -2.25. The molecule has 0 amide bonds. The molecule has 0 radical (unpaired) electrons. The SMILES string of the molecule is Nc1c(-c2ccccc2Br)nnn1C1CCC1. The van der Waals surface area contributed by atoms with Gasteiger partial charge in [0.05, 0.1) is 6.04 Å². The van der Waals surface area contributed by atoms with Crippen molar-refractivity contribution in [1.29, 1.82) is 0 Å². The fraction of sp³-hybridized carbons (Fsp3) is 0.333. The van der Waals surface area contributed by atoms with E-state index in [2.05, 4.69) is 26.2 Å². The van der Waals surface area contributed by atoms with Gasteiger partial charge in [0.2, 0.25) is 0 Å². The van der Waals surface area contributed by atoms with Gasteiger partial charge in [-0.05, 0) is 25.3 Å². The van der Waals surface area contributed by atoms with Crippen LogP contribution in [0.3, 0.4) is 0 Å². The molecule has 4 nitrogen and oxygen atoms in total. The predicted octanol–water partition coefficient (Wildman–Crippen LogP) is 3.01. The number of rotatable bonds is 2. The zero-order chi connectivity index (χ0) is 11.8. The van der Waals surface area contributed by atoms with E-state index in [-0.39, 0.29) is 0 Å². The maximum absolute atomic E-state index is 6.13. The van der Waals surface area contributed by atoms with Gasteiger partial charge in [0.25, 0.3) is 0 Å². The molecule has 0 atom stereocenters. The number of nitrogens with two attached hydrogens (primary N) is 1. The molecule has 1 saturated carbocycles. The van der Waals surface area contributed by atoms with E-state index in [0.29, 0.717) is 11.9 Å². The molecule has 1 fully saturated rings. The highest BCUT2D eigenvalue weighted by atomic mass is 79.9. The molecule has 1 aliphatic rings. The molecule has 1 heterocycles. The number of nitrogen functional groups attached to an aromatic ring is 1. The molecular weight excluding hydrogens is 280 g/mol. The fourth-order valence-corrected chi connectivity index (χ4v) is 2.52. The Morgan fingerprint density at radius 1 is 1.29 bits per heavy atom. The van der Waals surface area contributed by atoms with Gasteiger partial charge < -0.3 is 5.73 Å². The van der Waals surface area contributed by atoms with Gasteiger partial charge in [0.1, 0.15) is 5.69 Å². The average molecular weight is 293 g/mol. The van der Waals surface area contributed by atoms with Gasteiger partial charge in [0, 0.05) is 10.0 Å². The zero-order valence-electron chi connectivity index (χ0n) is 9.31. The summed E-state index contributed by atoms with van der Waals surface area (Å²) >= 11 is 3.51. The van der Waals surface area contributed by atoms with Crippen molar-refractivity contribution in [2.45, 2.75) is 25.3 Å². The van der Waals surface area contributed by atoms with Crippen LogP contribution in [0, 0.1) is 0 Å². The van der Waals surface area contributed by atoms with Crippen molar-refractivity contribution in [3.05, 3.63) is 28.7 Å². The van der Waals surface area contributed by atoms with E-state index in [4.69, 9.17) is 5.73 Å². The largest absolute Gasteiger partial charge is 0.382 e. The highest BCUT2D eigenvalue weighted by Crippen LogP contribution is 2.36. The molecule has 0 saturated heterocycles. The molecule has 88 valence electrons. The van der Waals surface area contributed by atoms with E-state index in [1.165, 1.54) is 6.42 Å². The van der Waals surface area contributed by atoms with E-state index in [1.54, 1.807) is 0 Å². The quantitative estimate of drug-likeness (QED) is 0.926. The second kappa shape index (κ2) is 4.14. The average Bonchev–Trinajstić information content (AvgIpc) is 2.60. The smallest absolute Gasteiger partial charge is 0.150 e. The molecule has 0 spiro atoms. The Morgan fingerprint density at radius 2 is 2.06 bits per heavy atom. The number of nitrogens with zero attached hydrogens (tertiary/aromatic N) is 3. The van der Waals surface area contributed by atoms with Crippen molar-refractivity contribution < 1.29 is 0 Å². The van der Waals surface area contributed by atoms with Crippen molar-refractivity contribution >= 4 is 21.7 Å². The number of aromatic nitrogens is 3. The maximum Gasteiger partial charge on any atom is 0.150 e. The second-order valence-electron chi connectivity index (χ2n) is 4.33. The lowest BCUT2D eigenvalue weighted by atomic mass is 9.93. The molecule has 17 heavy (non-hydrogen) atoms. The number of benzene rings is 1. The molecular formula is C12H13BrN4. The van der Waals surface area contributed by atoms with Gasteiger partial charge in [0.15, 0.2) is 5.82 Å². The van der Waals surface area contributed by atoms with Crippen molar-refractivity contribution in [2.75, 3.05) is 5.73 Å². The molecule has 0 bridgehead atoms. The van der Waals surface area contributed by atoms with Gasteiger partial charge in [-0.2, -0.15) is 0 Å². The molecule has 1 aromatic heterocycles. The van der Waals surface area contributed by atoms with Crippen LogP contribution in [0.4, 0.5) is 5.82 Å². The summed E-state index contributed by atoms with van der Waals surface area (Å²) in [5, 5.41) is 8.38. The number of hydrogen-bond acceptors (Lipinski definition) is 3. The Labute approximate surface area is 108 Å². The molecule has 1 aromatic carbocycles. The predicted molar refractivity (Wildman–Crippen MR) is 70.5 cm³/mol. The first-order valence-electron chi connectivity index (χ1n) is 5.73. The van der Waals surface area contributed by atoms with Crippen LogP contribution in [0.25, 0.3) is 11.3 Å². The van der Waals surface area contributed by atoms with Crippen LogP contribution in [-0.2, 0) is 0 Å². The summed E-state index contributed by atoms with van der Waals surface area (Å²) < 4.78 is 2.85. The van der Waals surface area contributed by atoms with Crippen LogP contribution in [0.15, 0.2) is 28.7 Å². The zero-order valence-corrected chi connectivity index (χ0v) is 10.9. The normalized spacial score (nSPS) is 15.8. The topological polar surface area (TPSA) is 56.7 Å². The number of halogens is 1. The third-order valence-electron chi connectivity index (χ3n) is 3.28. The minimum atomic E-state index is 0.443. The minimum Gasteiger partial charge on any atom is -0.382 e. The summed E-state index contributed by atoms with van der Waals surface area (Å²) in [6, 6.07) is 8.37. The molecule has 2 N–H and O–H groups in total. The van der Waals surface area contributed by atoms with E-state index in [0.717, 1.165) is 28.6 Å². The van der Waals surface area contributed by atoms with Crippen LogP contribution in [0.2, 0.25) is 0 Å². The van der Waals surface area contributed by atoms with Crippen LogP contribution in [0.5, 0.6) is 0 Å². The Morgan fingerprint density at radius 3 is 2.71 bits per heavy atom. The lowest BCUT2D eigenvalue weighted by Crippen LogP contribution is -2.19. The maximum atomic E-state index is 6.13. The van der Waals surface area contributed by atoms with Crippen LogP contribution in [-0.4, -0.2) is 15.0 Å². The number of anilines is 1. The van der Waals surface area contributed by atoms with Gasteiger partial charge >= 0.3 is 0 Å². The Hall–Kier alpha value is -1.36. The Kier molecular flexibility index (Phi) is 2.63. The molecule has 5 heteroatoms. The molecule has 0 unspecified atom stereocenters. The molecule has 1 aliphatic carbocycles. The second-order valence-corrected chi connectivity index (χ2v) is 5.19. The fourth-order valence-electron chi connectivity index (χ4n) is 2.05. The van der Waals surface area contributed by atoms with Gasteiger partial charge in [-0.25, -0.2) is 4.68 Å². The summed E-state index contributed by atoms with van der Waals surface area (Å²) in [6.45, 7) is 0. The Balaban J connectivity index is 2.04. The first-order valence-corrected chi connectivity index (χ1v) is 6.52. The van der Waals surface area contributed by atoms with Crippen molar-refractivity contribution in [3.8, 4) is 11.3 Å². The third-order valence-corrected chi connectivity index (χ3v) is 3.97. The van der Waals surface area contributed by atoms with E-state index in [9.17, 15) is 0 Å². The van der Waals surface area contributed by atoms with Gasteiger partial charge in [-0.3, -0.25) is 0 Å². The highest BCUT2D eigenvalue weighted by Gasteiger charge is 2.24. The summed E-state index contributed by atoms with van der Waals surface area (Å²) in [5.74, 6) is 0.668. The lowest BCUT2D eigenvalue weighted by molar-refractivity contribution is 0.288. The monoisotopic (exact) mass is 292 g/mol. The third kappa shape index (κ3) is 1.74. The minimum absolute atomic E-state index is 0.443. The molecule has 3 rings (SSSR count). The van der Waals surface area contributed by atoms with Gasteiger partial charge in [-0.1, -0.05) is 39.3 Å². The molecule has 0 aliphatic heterocycles. The molecule has 2 aromatic rings. The van der Waals surface area contributed by atoms with Gasteiger partial charge in [-0.15, -0.1) is 5.10 Å². The summed E-state index contributed by atoms with van der Waals surface area (Å²) in [4.78, 5) is 0. The van der Waals surface area contributed by atoms with E-state index < -0.39 is 0 Å². The van der Waals surface area contributed by atoms with E-state index in [1.807, 2.05) is 28.9 Å². The van der Waals surface area contributed by atoms with Crippen LogP contribution < -0.4 is 5.73 Å². The Bertz CT molecular complexity index is 545. The number of hydrogen-bond donors (Lipinski definition) is 1. The highest BCUT2D eigenvalue weighted by molar-refractivity contribution is 9.10. The van der Waals surface area contributed by atoms with E-state index >= 15 is 0 Å². The van der Waals surface area contributed by atoms with Crippen molar-refractivity contribution in [1.82, 2.24) is 15.0 Å². The first kappa shape index (κ1) is 10.8. The van der Waals surface area contributed by atoms with Crippen molar-refractivity contribution in [2.24, 2.45) is 0 Å². The first-order chi connectivity index (χ1) is 8.27. The standard InChI is InChI=1S/C12H13BrN4/c13-10-7-2-1-6-9(10)11-12(14)17(16-15-11)8-4-3-5-8/h1-2,6-8H,3-5,14H2. The summed E-state index contributed by atoms with van der Waals surface area (Å²) in [5.41, 5.74) is 7.90. The van der Waals surface area contributed by atoms with Crippen molar-refractivity contribution in [3.63, 3.8) is 0 Å². The van der Waals surface area contributed by atoms with Crippen LogP contribution >= 0.6 is 15.9 Å².